The first kappa shape index (κ1) is 34.1. The number of carbonyl (C=O) groups is 2. The number of aromatic nitrogens is 3. The van der Waals surface area contributed by atoms with Crippen molar-refractivity contribution in [3.63, 3.8) is 0 Å². The lowest BCUT2D eigenvalue weighted by Gasteiger charge is -2.40. The highest BCUT2D eigenvalue weighted by Crippen LogP contribution is 2.42. The normalized spacial score (nSPS) is 20.0. The largest absolute Gasteiger partial charge is 0.481 e. The predicted octanol–water partition coefficient (Wildman–Crippen LogP) is 5.92. The van der Waals surface area contributed by atoms with Crippen LogP contribution in [-0.4, -0.2) is 81.1 Å². The van der Waals surface area contributed by atoms with E-state index in [4.69, 9.17) is 9.47 Å². The van der Waals surface area contributed by atoms with Gasteiger partial charge in [0.2, 0.25) is 11.8 Å². The number of aryl methyl sites for hydroxylation is 1. The molecule has 1 N–H and O–H groups in total. The minimum atomic E-state index is -3.08. The zero-order chi connectivity index (χ0) is 34.3. The first-order valence-corrected chi connectivity index (χ1v) is 15.5. The summed E-state index contributed by atoms with van der Waals surface area (Å²) in [6, 6.07) is 3.84. The Hall–Kier alpha value is -4.20. The number of nitrogens with one attached hydrogen (secondary N) is 1. The standard InChI is InChI=1S/C33H40F4N6O4/c1-19(29(44)40-27-18-43-26(7-8-28(43)39-27)20-12-23(34)14-24(35)13-20)42-10-9-33(36,37)25(17-42)21-11-22(30(46-6)38-15-21)16-41(5)31(45)47-32(2,3)4/h11-15,18-19,25-26H,7-10,16-17H2,1-6H3,(H,40,44)/t19-,25?,26+/m0/s1. The highest BCUT2D eigenvalue weighted by Gasteiger charge is 2.47. The number of alkyl halides is 2. The molecule has 2 aliphatic rings. The van der Waals surface area contributed by atoms with Crippen LogP contribution in [0.1, 0.15) is 75.0 Å². The molecule has 4 heterocycles. The summed E-state index contributed by atoms with van der Waals surface area (Å²) in [7, 11) is 2.94. The van der Waals surface area contributed by atoms with Crippen LogP contribution >= 0.6 is 0 Å². The van der Waals surface area contributed by atoms with E-state index in [1.165, 1.54) is 37.4 Å². The van der Waals surface area contributed by atoms with Crippen molar-refractivity contribution in [3.8, 4) is 5.88 Å². The van der Waals surface area contributed by atoms with E-state index in [9.17, 15) is 18.4 Å². The monoisotopic (exact) mass is 660 g/mol. The predicted molar refractivity (Wildman–Crippen MR) is 166 cm³/mol. The molecule has 2 aromatic heterocycles. The van der Waals surface area contributed by atoms with E-state index in [2.05, 4.69) is 15.3 Å². The summed E-state index contributed by atoms with van der Waals surface area (Å²) in [5, 5.41) is 2.78. The number of benzene rings is 1. The molecule has 14 heteroatoms. The van der Waals surface area contributed by atoms with Gasteiger partial charge in [0.15, 0.2) is 5.82 Å². The third kappa shape index (κ3) is 7.69. The molecule has 2 amide bonds. The minimum Gasteiger partial charge on any atom is -0.481 e. The van der Waals surface area contributed by atoms with Gasteiger partial charge >= 0.3 is 6.09 Å². The van der Waals surface area contributed by atoms with Gasteiger partial charge < -0.3 is 24.3 Å². The molecule has 10 nitrogen and oxygen atoms in total. The van der Waals surface area contributed by atoms with Crippen LogP contribution in [0.2, 0.25) is 0 Å². The van der Waals surface area contributed by atoms with Crippen LogP contribution in [0.3, 0.4) is 0 Å². The van der Waals surface area contributed by atoms with E-state index >= 15 is 8.78 Å². The molecule has 0 spiro atoms. The van der Waals surface area contributed by atoms with Crippen LogP contribution in [-0.2, 0) is 22.5 Å². The Morgan fingerprint density at radius 1 is 1.15 bits per heavy atom. The van der Waals surface area contributed by atoms with Gasteiger partial charge in [-0.2, -0.15) is 0 Å². The fraction of sp³-hybridized carbons (Fsp3) is 0.515. The maximum atomic E-state index is 15.4. The Kier molecular flexibility index (Phi) is 9.54. The van der Waals surface area contributed by atoms with Gasteiger partial charge in [-0.05, 0) is 63.4 Å². The van der Waals surface area contributed by atoms with Crippen LogP contribution in [0.25, 0.3) is 0 Å². The molecule has 47 heavy (non-hydrogen) atoms. The number of imidazole rings is 1. The maximum absolute atomic E-state index is 15.4. The van der Waals surface area contributed by atoms with Crippen molar-refractivity contribution in [2.45, 2.75) is 83.0 Å². The second kappa shape index (κ2) is 13.1. The molecule has 254 valence electrons. The van der Waals surface area contributed by atoms with E-state index < -0.39 is 53.5 Å². The molecular weight excluding hydrogens is 620 g/mol. The summed E-state index contributed by atoms with van der Waals surface area (Å²) >= 11 is 0. The van der Waals surface area contributed by atoms with Gasteiger partial charge in [-0.25, -0.2) is 32.3 Å². The summed E-state index contributed by atoms with van der Waals surface area (Å²) in [5.41, 5.74) is 0.448. The number of ether oxygens (including phenoxy) is 2. The number of hydrogen-bond donors (Lipinski definition) is 1. The average Bonchev–Trinajstić information content (AvgIpc) is 3.55. The first-order chi connectivity index (χ1) is 22.0. The number of nitrogens with zero attached hydrogens (tertiary/aromatic N) is 5. The molecule has 1 fully saturated rings. The number of hydrogen-bond acceptors (Lipinski definition) is 7. The molecule has 3 aromatic rings. The number of halogens is 4. The zero-order valence-electron chi connectivity index (χ0n) is 27.3. The second-order valence-corrected chi connectivity index (χ2v) is 13.2. The van der Waals surface area contributed by atoms with E-state index in [1.807, 2.05) is 0 Å². The quantitative estimate of drug-likeness (QED) is 0.300. The first-order valence-electron chi connectivity index (χ1n) is 15.5. The zero-order valence-corrected chi connectivity index (χ0v) is 27.3. The van der Waals surface area contributed by atoms with Crippen LogP contribution in [0.5, 0.6) is 5.88 Å². The Morgan fingerprint density at radius 3 is 2.51 bits per heavy atom. The summed E-state index contributed by atoms with van der Waals surface area (Å²) in [6.07, 6.45) is 3.09. The minimum absolute atomic E-state index is 0.0111. The molecule has 2 aliphatic heterocycles. The lowest BCUT2D eigenvalue weighted by molar-refractivity contribution is -0.125. The van der Waals surface area contributed by atoms with Crippen LogP contribution in [0, 0.1) is 11.6 Å². The molecular formula is C33H40F4N6O4. The number of piperidine rings is 1. The van der Waals surface area contributed by atoms with Crippen molar-refractivity contribution < 1.29 is 36.6 Å². The molecule has 5 rings (SSSR count). The lowest BCUT2D eigenvalue weighted by Crippen LogP contribution is -2.52. The SMILES string of the molecule is COc1ncc(C2CN([C@@H](C)C(=O)Nc3cn4c(n3)CC[C@@H]4c3cc(F)cc(F)c3)CCC2(F)F)cc1CN(C)C(=O)OC(C)(C)C. The number of methoxy groups -OCH3 is 1. The highest BCUT2D eigenvalue weighted by atomic mass is 19.3. The molecule has 1 saturated heterocycles. The van der Waals surface area contributed by atoms with Crippen molar-refractivity contribution in [1.82, 2.24) is 24.3 Å². The number of fused-ring (bicyclic) bond motifs is 1. The van der Waals surface area contributed by atoms with Crippen molar-refractivity contribution in [3.05, 3.63) is 70.8 Å². The summed E-state index contributed by atoms with van der Waals surface area (Å²) in [5.74, 6) is -4.98. The Morgan fingerprint density at radius 2 is 1.85 bits per heavy atom. The van der Waals surface area contributed by atoms with Gasteiger partial charge in [-0.15, -0.1) is 0 Å². The molecule has 0 radical (unpaired) electrons. The third-order valence-corrected chi connectivity index (χ3v) is 8.55. The maximum Gasteiger partial charge on any atom is 0.410 e. The number of rotatable bonds is 8. The van der Waals surface area contributed by atoms with Gasteiger partial charge in [-0.1, -0.05) is 0 Å². The van der Waals surface area contributed by atoms with Gasteiger partial charge in [0.1, 0.15) is 23.1 Å². The van der Waals surface area contributed by atoms with Gasteiger partial charge in [-0.3, -0.25) is 9.69 Å². The average molecular weight is 661 g/mol. The van der Waals surface area contributed by atoms with E-state index in [0.717, 1.165) is 6.07 Å². The Bertz CT molecular complexity index is 1620. The third-order valence-electron chi connectivity index (χ3n) is 8.55. The van der Waals surface area contributed by atoms with Gasteiger partial charge in [0, 0.05) is 57.0 Å². The van der Waals surface area contributed by atoms with E-state index in [-0.39, 0.29) is 42.9 Å². The van der Waals surface area contributed by atoms with E-state index in [1.54, 1.807) is 49.4 Å². The number of carbonyl (C=O) groups excluding carboxylic acids is 2. The van der Waals surface area contributed by atoms with Crippen molar-refractivity contribution in [2.75, 3.05) is 32.6 Å². The van der Waals surface area contributed by atoms with Gasteiger partial charge in [0.05, 0.1) is 31.7 Å². The number of amides is 2. The fourth-order valence-electron chi connectivity index (χ4n) is 6.13. The van der Waals surface area contributed by atoms with Crippen LogP contribution < -0.4 is 10.1 Å². The second-order valence-electron chi connectivity index (χ2n) is 13.2. The number of pyridine rings is 1. The lowest BCUT2D eigenvalue weighted by atomic mass is 9.86. The summed E-state index contributed by atoms with van der Waals surface area (Å²) in [6.45, 7) is 6.76. The fourth-order valence-corrected chi connectivity index (χ4v) is 6.13. The summed E-state index contributed by atoms with van der Waals surface area (Å²) in [4.78, 5) is 37.7. The highest BCUT2D eigenvalue weighted by molar-refractivity contribution is 5.93. The molecule has 1 aromatic carbocycles. The van der Waals surface area contributed by atoms with Crippen molar-refractivity contribution in [1.29, 1.82) is 0 Å². The summed E-state index contributed by atoms with van der Waals surface area (Å²) < 4.78 is 71.1. The van der Waals surface area contributed by atoms with Gasteiger partial charge in [0.25, 0.3) is 5.92 Å². The molecule has 0 bridgehead atoms. The smallest absolute Gasteiger partial charge is 0.410 e. The topological polar surface area (TPSA) is 102 Å². The molecule has 3 atom stereocenters. The van der Waals surface area contributed by atoms with Crippen LogP contribution in [0.4, 0.5) is 28.2 Å². The van der Waals surface area contributed by atoms with E-state index in [0.29, 0.717) is 29.8 Å². The number of anilines is 1. The molecule has 0 saturated carbocycles. The van der Waals surface area contributed by atoms with Crippen LogP contribution in [0.15, 0.2) is 36.7 Å². The Labute approximate surface area is 271 Å². The van der Waals surface area contributed by atoms with Crippen molar-refractivity contribution >= 4 is 17.8 Å². The Balaban J connectivity index is 1.29. The molecule has 1 unspecified atom stereocenters. The number of likely N-dealkylation sites (tertiary alicyclic amines) is 1. The molecule has 0 aliphatic carbocycles. The van der Waals surface area contributed by atoms with Crippen molar-refractivity contribution in [2.24, 2.45) is 0 Å².